The van der Waals surface area contributed by atoms with Gasteiger partial charge in [0.25, 0.3) is 0 Å². The molecule has 1 N–H and O–H groups in total. The largest absolute Gasteiger partial charge is 0.381 e. The number of hydrogen-bond acceptors (Lipinski definition) is 1. The lowest BCUT2D eigenvalue weighted by atomic mass is 10.1. The maximum Gasteiger partial charge on any atom is 0.137 e. The van der Waals surface area contributed by atoms with Crippen molar-refractivity contribution in [1.29, 1.82) is 0 Å². The Morgan fingerprint density at radius 2 is 1.83 bits per heavy atom. The van der Waals surface area contributed by atoms with Crippen LogP contribution in [-0.2, 0) is 6.54 Å². The second-order valence-corrected chi connectivity index (χ2v) is 5.73. The van der Waals surface area contributed by atoms with Crippen LogP contribution in [0.25, 0.3) is 0 Å². The number of benzene rings is 2. The fourth-order valence-electron chi connectivity index (χ4n) is 1.67. The van der Waals surface area contributed by atoms with Crippen LogP contribution in [0.4, 0.5) is 10.1 Å². The molecule has 18 heavy (non-hydrogen) atoms. The second kappa shape index (κ2) is 5.85. The van der Waals surface area contributed by atoms with Crippen LogP contribution in [-0.4, -0.2) is 0 Å². The van der Waals surface area contributed by atoms with Crippen molar-refractivity contribution < 1.29 is 4.39 Å². The van der Waals surface area contributed by atoms with Gasteiger partial charge >= 0.3 is 0 Å². The molecule has 0 amide bonds. The Morgan fingerprint density at radius 1 is 1.11 bits per heavy atom. The van der Waals surface area contributed by atoms with Gasteiger partial charge < -0.3 is 5.32 Å². The number of hydrogen-bond donors (Lipinski definition) is 1. The minimum atomic E-state index is -0.237. The molecule has 0 aliphatic heterocycles. The highest BCUT2D eigenvalue weighted by molar-refractivity contribution is 9.10. The van der Waals surface area contributed by atoms with Crippen LogP contribution in [0.5, 0.6) is 0 Å². The minimum absolute atomic E-state index is 0.237. The zero-order valence-electron chi connectivity index (χ0n) is 9.81. The first-order chi connectivity index (χ1) is 8.58. The molecule has 0 saturated carbocycles. The van der Waals surface area contributed by atoms with Crippen LogP contribution in [0.2, 0.25) is 0 Å². The molecule has 2 aromatic rings. The molecule has 0 fully saturated rings. The van der Waals surface area contributed by atoms with Crippen LogP contribution in [0, 0.1) is 12.7 Å². The number of anilines is 1. The zero-order chi connectivity index (χ0) is 13.1. The van der Waals surface area contributed by atoms with Gasteiger partial charge in [-0.05, 0) is 52.2 Å². The van der Waals surface area contributed by atoms with Crippen molar-refractivity contribution in [3.8, 4) is 0 Å². The predicted molar refractivity (Wildman–Crippen MR) is 80.3 cm³/mol. The molecule has 0 unspecified atom stereocenters. The van der Waals surface area contributed by atoms with E-state index in [2.05, 4.69) is 37.2 Å². The molecule has 2 rings (SSSR count). The summed E-state index contributed by atoms with van der Waals surface area (Å²) in [7, 11) is 0. The Bertz CT molecular complexity index is 570. The van der Waals surface area contributed by atoms with Gasteiger partial charge in [-0.1, -0.05) is 34.1 Å². The summed E-state index contributed by atoms with van der Waals surface area (Å²) in [4.78, 5) is 0. The van der Waals surface area contributed by atoms with E-state index in [4.69, 9.17) is 0 Å². The highest BCUT2D eigenvalue weighted by Crippen LogP contribution is 2.25. The molecule has 4 heteroatoms. The first-order valence-corrected chi connectivity index (χ1v) is 7.09. The quantitative estimate of drug-likeness (QED) is 0.773. The third kappa shape index (κ3) is 3.12. The Balaban J connectivity index is 2.16. The molecule has 0 radical (unpaired) electrons. The van der Waals surface area contributed by atoms with Crippen molar-refractivity contribution in [1.82, 2.24) is 0 Å². The van der Waals surface area contributed by atoms with E-state index < -0.39 is 0 Å². The molecular formula is C14H12Br2FN. The van der Waals surface area contributed by atoms with E-state index in [1.54, 1.807) is 6.07 Å². The van der Waals surface area contributed by atoms with Crippen molar-refractivity contribution in [3.63, 3.8) is 0 Å². The summed E-state index contributed by atoms with van der Waals surface area (Å²) in [6.45, 7) is 2.58. The van der Waals surface area contributed by atoms with Gasteiger partial charge in [-0.15, -0.1) is 0 Å². The van der Waals surface area contributed by atoms with Gasteiger partial charge in [0.15, 0.2) is 0 Å². The molecule has 0 aromatic heterocycles. The molecule has 2 aromatic carbocycles. The molecular weight excluding hydrogens is 361 g/mol. The lowest BCUT2D eigenvalue weighted by Gasteiger charge is -2.11. The summed E-state index contributed by atoms with van der Waals surface area (Å²) >= 11 is 6.70. The smallest absolute Gasteiger partial charge is 0.137 e. The first-order valence-electron chi connectivity index (χ1n) is 5.51. The van der Waals surface area contributed by atoms with Crippen LogP contribution in [0.1, 0.15) is 11.1 Å². The first kappa shape index (κ1) is 13.6. The Hall–Kier alpha value is -0.870. The normalized spacial score (nSPS) is 10.4. The van der Waals surface area contributed by atoms with E-state index in [1.807, 2.05) is 31.2 Å². The Labute approximate surface area is 123 Å². The monoisotopic (exact) mass is 371 g/mol. The summed E-state index contributed by atoms with van der Waals surface area (Å²) in [5.74, 6) is -0.237. The number of halogens is 3. The van der Waals surface area contributed by atoms with Gasteiger partial charge in [-0.25, -0.2) is 4.39 Å². The van der Waals surface area contributed by atoms with Gasteiger partial charge in [-0.3, -0.25) is 0 Å². The summed E-state index contributed by atoms with van der Waals surface area (Å²) in [5.41, 5.74) is 2.99. The van der Waals surface area contributed by atoms with E-state index in [0.717, 1.165) is 21.3 Å². The van der Waals surface area contributed by atoms with E-state index in [1.165, 1.54) is 6.07 Å². The lowest BCUT2D eigenvalue weighted by Crippen LogP contribution is -2.02. The van der Waals surface area contributed by atoms with Crippen LogP contribution < -0.4 is 5.32 Å². The van der Waals surface area contributed by atoms with E-state index in [9.17, 15) is 4.39 Å². The van der Waals surface area contributed by atoms with E-state index >= 15 is 0 Å². The molecule has 94 valence electrons. The average Bonchev–Trinajstić information content (AvgIpc) is 2.34. The second-order valence-electron chi connectivity index (χ2n) is 4.03. The molecule has 0 aliphatic carbocycles. The topological polar surface area (TPSA) is 12.0 Å². The van der Waals surface area contributed by atoms with Gasteiger partial charge in [0.1, 0.15) is 5.82 Å². The van der Waals surface area contributed by atoms with E-state index in [0.29, 0.717) is 11.0 Å². The molecule has 0 atom stereocenters. The van der Waals surface area contributed by atoms with Crippen molar-refractivity contribution in [3.05, 3.63) is 62.3 Å². The molecule has 0 heterocycles. The van der Waals surface area contributed by atoms with E-state index in [-0.39, 0.29) is 5.82 Å². The summed E-state index contributed by atoms with van der Waals surface area (Å²) < 4.78 is 14.8. The predicted octanol–water partition coefficient (Wildman–Crippen LogP) is 5.27. The SMILES string of the molecule is Cc1cc(F)c(Br)cc1NCc1ccccc1Br. The fraction of sp³-hybridized carbons (Fsp3) is 0.143. The van der Waals surface area contributed by atoms with Crippen molar-refractivity contribution in [2.75, 3.05) is 5.32 Å². The Morgan fingerprint density at radius 3 is 2.56 bits per heavy atom. The number of rotatable bonds is 3. The molecule has 0 aliphatic rings. The Kier molecular flexibility index (Phi) is 4.40. The highest BCUT2D eigenvalue weighted by atomic mass is 79.9. The number of nitrogens with one attached hydrogen (secondary N) is 1. The lowest BCUT2D eigenvalue weighted by molar-refractivity contribution is 0.620. The van der Waals surface area contributed by atoms with Crippen LogP contribution in [0.15, 0.2) is 45.3 Å². The molecule has 0 saturated heterocycles. The third-order valence-corrected chi connectivity index (χ3v) is 4.08. The summed E-state index contributed by atoms with van der Waals surface area (Å²) in [5, 5.41) is 3.31. The summed E-state index contributed by atoms with van der Waals surface area (Å²) in [6.07, 6.45) is 0. The highest BCUT2D eigenvalue weighted by Gasteiger charge is 2.05. The average molecular weight is 373 g/mol. The van der Waals surface area contributed by atoms with Gasteiger partial charge in [-0.2, -0.15) is 0 Å². The van der Waals surface area contributed by atoms with Gasteiger partial charge in [0.2, 0.25) is 0 Å². The fourth-order valence-corrected chi connectivity index (χ4v) is 2.44. The third-order valence-electron chi connectivity index (χ3n) is 2.69. The zero-order valence-corrected chi connectivity index (χ0v) is 13.0. The molecule has 1 nitrogen and oxygen atoms in total. The van der Waals surface area contributed by atoms with Crippen molar-refractivity contribution >= 4 is 37.5 Å². The van der Waals surface area contributed by atoms with Crippen LogP contribution in [0.3, 0.4) is 0 Å². The number of aryl methyl sites for hydroxylation is 1. The molecule has 0 bridgehead atoms. The maximum atomic E-state index is 13.3. The van der Waals surface area contributed by atoms with Crippen LogP contribution >= 0.6 is 31.9 Å². The van der Waals surface area contributed by atoms with Crippen molar-refractivity contribution in [2.45, 2.75) is 13.5 Å². The van der Waals surface area contributed by atoms with Gasteiger partial charge in [0.05, 0.1) is 4.47 Å². The standard InChI is InChI=1S/C14H12Br2FN/c1-9-6-13(17)12(16)7-14(9)18-8-10-4-2-3-5-11(10)15/h2-7,18H,8H2,1H3. The van der Waals surface area contributed by atoms with Crippen molar-refractivity contribution in [2.24, 2.45) is 0 Å². The maximum absolute atomic E-state index is 13.3. The summed E-state index contributed by atoms with van der Waals surface area (Å²) in [6, 6.07) is 11.3. The minimum Gasteiger partial charge on any atom is -0.381 e. The van der Waals surface area contributed by atoms with Gasteiger partial charge in [0, 0.05) is 16.7 Å². The molecule has 0 spiro atoms.